The number of nitrogens with zero attached hydrogens (tertiary/aromatic N) is 1. The summed E-state index contributed by atoms with van der Waals surface area (Å²) in [5.41, 5.74) is 6.33. The molecule has 19 heavy (non-hydrogen) atoms. The molecule has 0 atom stereocenters. The molecule has 0 spiro atoms. The van der Waals surface area contributed by atoms with Crippen molar-refractivity contribution in [2.45, 2.75) is 0 Å². The van der Waals surface area contributed by atoms with Crippen LogP contribution in [0, 0.1) is 0 Å². The number of aromatic nitrogens is 1. The van der Waals surface area contributed by atoms with E-state index in [0.717, 1.165) is 0 Å². The number of ether oxygens (including phenoxy) is 1. The molecule has 0 unspecified atom stereocenters. The van der Waals surface area contributed by atoms with Crippen LogP contribution in [0.1, 0.15) is 20.2 Å². The number of carboxylic acids is 1. The molecular weight excluding hydrogens is 268 g/mol. The van der Waals surface area contributed by atoms with Gasteiger partial charge < -0.3 is 15.6 Å². The number of carbonyl (C=O) groups is 2. The summed E-state index contributed by atoms with van der Waals surface area (Å²) in [7, 11) is 1.29. The predicted molar refractivity (Wildman–Crippen MR) is 70.3 cm³/mol. The van der Waals surface area contributed by atoms with Crippen LogP contribution in [0.2, 0.25) is 0 Å². The van der Waals surface area contributed by atoms with Crippen molar-refractivity contribution in [3.8, 4) is 11.1 Å². The van der Waals surface area contributed by atoms with Gasteiger partial charge in [-0.05, 0) is 29.1 Å². The van der Waals surface area contributed by atoms with Gasteiger partial charge in [0.2, 0.25) is 0 Å². The van der Waals surface area contributed by atoms with Crippen molar-refractivity contribution in [1.82, 2.24) is 4.98 Å². The van der Waals surface area contributed by atoms with Crippen molar-refractivity contribution >= 4 is 29.1 Å². The van der Waals surface area contributed by atoms with Gasteiger partial charge in [0.1, 0.15) is 10.7 Å². The number of carbonyl (C=O) groups excluding carboxylic acids is 1. The lowest BCUT2D eigenvalue weighted by molar-refractivity contribution is 0.0605. The van der Waals surface area contributed by atoms with Gasteiger partial charge in [-0.3, -0.25) is 0 Å². The largest absolute Gasteiger partial charge is 0.476 e. The van der Waals surface area contributed by atoms with Gasteiger partial charge in [-0.25, -0.2) is 14.6 Å². The highest BCUT2D eigenvalue weighted by Gasteiger charge is 2.17. The minimum Gasteiger partial charge on any atom is -0.476 e. The van der Waals surface area contributed by atoms with Crippen LogP contribution in [-0.4, -0.2) is 29.1 Å². The molecule has 0 bridgehead atoms. The standard InChI is InChI=1S/C12H10N2O4S/c1-18-12(17)8-4-6(5-19-8)7-2-3-9(13)14-10(7)11(15)16/h2-5H,1H3,(H2,13,14)(H,15,16). The molecule has 0 aliphatic carbocycles. The number of thiophene rings is 1. The van der Waals surface area contributed by atoms with Gasteiger partial charge in [0.25, 0.3) is 0 Å². The molecule has 0 radical (unpaired) electrons. The third-order valence-electron chi connectivity index (χ3n) is 2.42. The van der Waals surface area contributed by atoms with E-state index < -0.39 is 11.9 Å². The van der Waals surface area contributed by atoms with Crippen molar-refractivity contribution in [1.29, 1.82) is 0 Å². The topological polar surface area (TPSA) is 103 Å². The Labute approximate surface area is 112 Å². The molecule has 2 rings (SSSR count). The Balaban J connectivity index is 2.50. The van der Waals surface area contributed by atoms with Crippen molar-refractivity contribution in [2.24, 2.45) is 0 Å². The molecule has 2 aromatic heterocycles. The maximum atomic E-state index is 11.4. The summed E-state index contributed by atoms with van der Waals surface area (Å²) in [6, 6.07) is 4.64. The van der Waals surface area contributed by atoms with Crippen LogP contribution in [-0.2, 0) is 4.74 Å². The Bertz CT molecular complexity index is 651. The van der Waals surface area contributed by atoms with E-state index >= 15 is 0 Å². The molecule has 0 aromatic carbocycles. The molecule has 0 aliphatic heterocycles. The number of esters is 1. The van der Waals surface area contributed by atoms with Crippen LogP contribution in [0.15, 0.2) is 23.6 Å². The first-order valence-electron chi connectivity index (χ1n) is 5.20. The molecule has 0 amide bonds. The zero-order valence-corrected chi connectivity index (χ0v) is 10.7. The summed E-state index contributed by atoms with van der Waals surface area (Å²) < 4.78 is 4.60. The second-order valence-corrected chi connectivity index (χ2v) is 4.54. The summed E-state index contributed by atoms with van der Waals surface area (Å²) in [6.45, 7) is 0. The highest BCUT2D eigenvalue weighted by atomic mass is 32.1. The van der Waals surface area contributed by atoms with Crippen molar-refractivity contribution in [3.05, 3.63) is 34.2 Å². The maximum Gasteiger partial charge on any atom is 0.355 e. The van der Waals surface area contributed by atoms with Gasteiger partial charge in [0.15, 0.2) is 5.69 Å². The van der Waals surface area contributed by atoms with Gasteiger partial charge in [0.05, 0.1) is 7.11 Å². The average Bonchev–Trinajstić information content (AvgIpc) is 2.87. The number of carboxylic acid groups (broad SMARTS) is 1. The molecule has 2 aromatic rings. The summed E-state index contributed by atoms with van der Waals surface area (Å²) >= 11 is 1.18. The Morgan fingerprint density at radius 1 is 1.42 bits per heavy atom. The number of rotatable bonds is 3. The van der Waals surface area contributed by atoms with Crippen LogP contribution in [0.25, 0.3) is 11.1 Å². The van der Waals surface area contributed by atoms with E-state index in [0.29, 0.717) is 16.0 Å². The van der Waals surface area contributed by atoms with Gasteiger partial charge in [0, 0.05) is 5.56 Å². The number of aromatic carboxylic acids is 1. The third-order valence-corrected chi connectivity index (χ3v) is 3.33. The fourth-order valence-electron chi connectivity index (χ4n) is 1.56. The van der Waals surface area contributed by atoms with E-state index in [-0.39, 0.29) is 11.5 Å². The van der Waals surface area contributed by atoms with Crippen LogP contribution in [0.5, 0.6) is 0 Å². The molecule has 7 heteroatoms. The summed E-state index contributed by atoms with van der Waals surface area (Å²) in [5.74, 6) is -1.51. The Hall–Kier alpha value is -2.41. The van der Waals surface area contributed by atoms with Crippen molar-refractivity contribution in [2.75, 3.05) is 12.8 Å². The number of nitrogens with two attached hydrogens (primary N) is 1. The van der Waals surface area contributed by atoms with Crippen LogP contribution in [0.3, 0.4) is 0 Å². The highest BCUT2D eigenvalue weighted by Crippen LogP contribution is 2.28. The van der Waals surface area contributed by atoms with Crippen LogP contribution < -0.4 is 5.73 Å². The molecule has 98 valence electrons. The van der Waals surface area contributed by atoms with Gasteiger partial charge in [-0.2, -0.15) is 0 Å². The van der Waals surface area contributed by atoms with E-state index in [1.165, 1.54) is 24.5 Å². The van der Waals surface area contributed by atoms with E-state index in [1.54, 1.807) is 17.5 Å². The van der Waals surface area contributed by atoms with E-state index in [4.69, 9.17) is 10.8 Å². The minimum absolute atomic E-state index is 0.129. The summed E-state index contributed by atoms with van der Waals surface area (Å²) in [6.07, 6.45) is 0. The van der Waals surface area contributed by atoms with Gasteiger partial charge in [-0.1, -0.05) is 0 Å². The molecule has 0 aliphatic rings. The van der Waals surface area contributed by atoms with Gasteiger partial charge >= 0.3 is 11.9 Å². The molecule has 6 nitrogen and oxygen atoms in total. The van der Waals surface area contributed by atoms with Gasteiger partial charge in [-0.15, -0.1) is 11.3 Å². The zero-order valence-electron chi connectivity index (χ0n) is 9.91. The molecule has 0 fully saturated rings. The monoisotopic (exact) mass is 278 g/mol. The molecule has 0 saturated carbocycles. The molecular formula is C12H10N2O4S. The predicted octanol–water partition coefficient (Wildman–Crippen LogP) is 1.88. The molecule has 3 N–H and O–H groups in total. The van der Waals surface area contributed by atoms with E-state index in [9.17, 15) is 9.59 Å². The zero-order chi connectivity index (χ0) is 14.0. The number of methoxy groups -OCH3 is 1. The summed E-state index contributed by atoms with van der Waals surface area (Å²) in [4.78, 5) is 26.7. The fourth-order valence-corrected chi connectivity index (χ4v) is 2.38. The third kappa shape index (κ3) is 2.55. The Kier molecular flexibility index (Phi) is 3.48. The smallest absolute Gasteiger partial charge is 0.355 e. The lowest BCUT2D eigenvalue weighted by atomic mass is 10.1. The average molecular weight is 278 g/mol. The second kappa shape index (κ2) is 5.07. The van der Waals surface area contributed by atoms with Crippen molar-refractivity contribution in [3.63, 3.8) is 0 Å². The number of hydrogen-bond acceptors (Lipinski definition) is 6. The number of hydrogen-bond donors (Lipinski definition) is 2. The fraction of sp³-hybridized carbons (Fsp3) is 0.0833. The van der Waals surface area contributed by atoms with Crippen LogP contribution >= 0.6 is 11.3 Å². The second-order valence-electron chi connectivity index (χ2n) is 3.63. The molecule has 0 saturated heterocycles. The highest BCUT2D eigenvalue weighted by molar-refractivity contribution is 7.12. The maximum absolute atomic E-state index is 11.4. The first kappa shape index (κ1) is 13.0. The number of pyridine rings is 1. The number of anilines is 1. The Morgan fingerprint density at radius 2 is 2.16 bits per heavy atom. The van der Waals surface area contributed by atoms with Crippen LogP contribution in [0.4, 0.5) is 5.82 Å². The normalized spacial score (nSPS) is 10.2. The quantitative estimate of drug-likeness (QED) is 0.831. The number of nitrogen functional groups attached to an aromatic ring is 1. The van der Waals surface area contributed by atoms with Crippen molar-refractivity contribution < 1.29 is 19.4 Å². The summed E-state index contributed by atoms with van der Waals surface area (Å²) in [5, 5.41) is 10.8. The Morgan fingerprint density at radius 3 is 2.79 bits per heavy atom. The molecule has 2 heterocycles. The lowest BCUT2D eigenvalue weighted by Crippen LogP contribution is -2.05. The first-order chi connectivity index (χ1) is 9.02. The SMILES string of the molecule is COC(=O)c1cc(-c2ccc(N)nc2C(=O)O)cs1. The minimum atomic E-state index is -1.17. The van der Waals surface area contributed by atoms with E-state index in [2.05, 4.69) is 9.72 Å². The van der Waals surface area contributed by atoms with E-state index in [1.807, 2.05) is 0 Å². The first-order valence-corrected chi connectivity index (χ1v) is 6.08. The lowest BCUT2D eigenvalue weighted by Gasteiger charge is -2.03.